The van der Waals surface area contributed by atoms with E-state index < -0.39 is 0 Å². The first-order chi connectivity index (χ1) is 6.81. The Morgan fingerprint density at radius 1 is 1.29 bits per heavy atom. The Bertz CT molecular complexity index is 447. The SMILES string of the molecule is O=Cc1oncc1-c1ccc(Cl)cc1. The molecule has 3 nitrogen and oxygen atoms in total. The summed E-state index contributed by atoms with van der Waals surface area (Å²) >= 11 is 5.74. The highest BCUT2D eigenvalue weighted by atomic mass is 35.5. The summed E-state index contributed by atoms with van der Waals surface area (Å²) in [4.78, 5) is 10.6. The van der Waals surface area contributed by atoms with Crippen LogP contribution in [0.15, 0.2) is 35.0 Å². The molecule has 1 aromatic heterocycles. The minimum absolute atomic E-state index is 0.229. The van der Waals surface area contributed by atoms with Crippen LogP contribution in [0.5, 0.6) is 0 Å². The summed E-state index contributed by atoms with van der Waals surface area (Å²) in [5, 5.41) is 4.20. The molecule has 1 heterocycles. The minimum Gasteiger partial charge on any atom is -0.353 e. The molecule has 0 radical (unpaired) electrons. The number of halogens is 1. The topological polar surface area (TPSA) is 43.1 Å². The number of nitrogens with zero attached hydrogens (tertiary/aromatic N) is 1. The molecule has 2 rings (SSSR count). The third kappa shape index (κ3) is 1.54. The van der Waals surface area contributed by atoms with Crippen LogP contribution in [0.25, 0.3) is 11.1 Å². The molecular formula is C10H6ClNO2. The van der Waals surface area contributed by atoms with E-state index in [0.717, 1.165) is 5.56 Å². The van der Waals surface area contributed by atoms with Crippen LogP contribution in [-0.4, -0.2) is 11.4 Å². The summed E-state index contributed by atoms with van der Waals surface area (Å²) < 4.78 is 4.75. The van der Waals surface area contributed by atoms with Crippen molar-refractivity contribution >= 4 is 17.9 Å². The van der Waals surface area contributed by atoms with Crippen LogP contribution in [0.3, 0.4) is 0 Å². The highest BCUT2D eigenvalue weighted by Crippen LogP contribution is 2.23. The van der Waals surface area contributed by atoms with Gasteiger partial charge in [-0.25, -0.2) is 0 Å². The highest BCUT2D eigenvalue weighted by Gasteiger charge is 2.08. The smallest absolute Gasteiger partial charge is 0.207 e. The first kappa shape index (κ1) is 8.97. The molecule has 0 aliphatic carbocycles. The van der Waals surface area contributed by atoms with E-state index in [-0.39, 0.29) is 5.76 Å². The lowest BCUT2D eigenvalue weighted by Gasteiger charge is -1.96. The predicted octanol–water partition coefficient (Wildman–Crippen LogP) is 2.81. The van der Waals surface area contributed by atoms with Gasteiger partial charge >= 0.3 is 0 Å². The third-order valence-electron chi connectivity index (χ3n) is 1.86. The summed E-state index contributed by atoms with van der Waals surface area (Å²) in [6.45, 7) is 0. The van der Waals surface area contributed by atoms with E-state index in [0.29, 0.717) is 16.9 Å². The van der Waals surface area contributed by atoms with E-state index in [2.05, 4.69) is 5.16 Å². The summed E-state index contributed by atoms with van der Waals surface area (Å²) in [5.41, 5.74) is 1.54. The Balaban J connectivity index is 2.49. The Hall–Kier alpha value is -1.61. The van der Waals surface area contributed by atoms with Crippen molar-refractivity contribution in [1.29, 1.82) is 0 Å². The molecule has 0 bridgehead atoms. The van der Waals surface area contributed by atoms with Crippen molar-refractivity contribution in [2.24, 2.45) is 0 Å². The fourth-order valence-corrected chi connectivity index (χ4v) is 1.31. The second-order valence-electron chi connectivity index (χ2n) is 2.73. The molecule has 2 aromatic rings. The molecule has 14 heavy (non-hydrogen) atoms. The summed E-state index contributed by atoms with van der Waals surface area (Å²) in [6, 6.07) is 7.11. The van der Waals surface area contributed by atoms with Gasteiger partial charge in [-0.1, -0.05) is 28.9 Å². The number of rotatable bonds is 2. The first-order valence-electron chi connectivity index (χ1n) is 3.97. The van der Waals surface area contributed by atoms with Crippen molar-refractivity contribution in [3.8, 4) is 11.1 Å². The molecule has 0 aliphatic heterocycles. The normalized spacial score (nSPS) is 10.1. The van der Waals surface area contributed by atoms with Gasteiger partial charge in [-0.2, -0.15) is 0 Å². The fourth-order valence-electron chi connectivity index (χ4n) is 1.18. The average Bonchev–Trinajstić information content (AvgIpc) is 2.67. The number of aldehydes is 1. The number of benzene rings is 1. The monoisotopic (exact) mass is 207 g/mol. The van der Waals surface area contributed by atoms with Gasteiger partial charge in [0.25, 0.3) is 0 Å². The number of carbonyl (C=O) groups is 1. The lowest BCUT2D eigenvalue weighted by atomic mass is 10.1. The summed E-state index contributed by atoms with van der Waals surface area (Å²) in [7, 11) is 0. The zero-order chi connectivity index (χ0) is 9.97. The molecular weight excluding hydrogens is 202 g/mol. The Morgan fingerprint density at radius 3 is 2.64 bits per heavy atom. The molecule has 0 amide bonds. The second-order valence-corrected chi connectivity index (χ2v) is 3.16. The minimum atomic E-state index is 0.229. The number of aromatic nitrogens is 1. The predicted molar refractivity (Wildman–Crippen MR) is 52.3 cm³/mol. The maximum atomic E-state index is 10.6. The van der Waals surface area contributed by atoms with Crippen LogP contribution in [0, 0.1) is 0 Å². The van der Waals surface area contributed by atoms with Crippen LogP contribution >= 0.6 is 11.6 Å². The van der Waals surface area contributed by atoms with Crippen LogP contribution in [-0.2, 0) is 0 Å². The van der Waals surface area contributed by atoms with E-state index in [1.54, 1.807) is 12.1 Å². The van der Waals surface area contributed by atoms with Gasteiger partial charge in [-0.05, 0) is 17.7 Å². The van der Waals surface area contributed by atoms with Gasteiger partial charge in [-0.3, -0.25) is 4.79 Å². The first-order valence-corrected chi connectivity index (χ1v) is 4.35. The number of carbonyl (C=O) groups excluding carboxylic acids is 1. The molecule has 0 fully saturated rings. The van der Waals surface area contributed by atoms with Gasteiger partial charge in [0.15, 0.2) is 6.29 Å². The Morgan fingerprint density at radius 2 is 2.00 bits per heavy atom. The van der Waals surface area contributed by atoms with E-state index >= 15 is 0 Å². The zero-order valence-electron chi connectivity index (χ0n) is 7.11. The lowest BCUT2D eigenvalue weighted by molar-refractivity contribution is 0.109. The maximum absolute atomic E-state index is 10.6. The van der Waals surface area contributed by atoms with Crippen LogP contribution in [0.4, 0.5) is 0 Å². The third-order valence-corrected chi connectivity index (χ3v) is 2.11. The number of hydrogen-bond acceptors (Lipinski definition) is 3. The largest absolute Gasteiger partial charge is 0.353 e. The molecule has 70 valence electrons. The highest BCUT2D eigenvalue weighted by molar-refractivity contribution is 6.30. The standard InChI is InChI=1S/C10H6ClNO2/c11-8-3-1-7(2-4-8)9-5-12-14-10(9)6-13/h1-6H. The average molecular weight is 208 g/mol. The molecule has 0 aliphatic rings. The summed E-state index contributed by atoms with van der Waals surface area (Å²) in [6.07, 6.45) is 2.14. The molecule has 0 atom stereocenters. The molecule has 4 heteroatoms. The van der Waals surface area contributed by atoms with Crippen molar-refractivity contribution in [3.05, 3.63) is 41.2 Å². The lowest BCUT2D eigenvalue weighted by Crippen LogP contribution is -1.80. The van der Waals surface area contributed by atoms with Crippen molar-refractivity contribution < 1.29 is 9.32 Å². The van der Waals surface area contributed by atoms with Crippen LogP contribution < -0.4 is 0 Å². The summed E-state index contributed by atoms with van der Waals surface area (Å²) in [5.74, 6) is 0.229. The van der Waals surface area contributed by atoms with E-state index in [4.69, 9.17) is 16.1 Å². The second kappa shape index (κ2) is 3.64. The maximum Gasteiger partial charge on any atom is 0.207 e. The number of hydrogen-bond donors (Lipinski definition) is 0. The van der Waals surface area contributed by atoms with Gasteiger partial charge < -0.3 is 4.52 Å². The van der Waals surface area contributed by atoms with Crippen molar-refractivity contribution in [2.75, 3.05) is 0 Å². The fraction of sp³-hybridized carbons (Fsp3) is 0. The van der Waals surface area contributed by atoms with Crippen LogP contribution in [0.2, 0.25) is 5.02 Å². The van der Waals surface area contributed by atoms with Crippen molar-refractivity contribution in [3.63, 3.8) is 0 Å². The van der Waals surface area contributed by atoms with Crippen molar-refractivity contribution in [1.82, 2.24) is 5.16 Å². The van der Waals surface area contributed by atoms with Gasteiger partial charge in [0, 0.05) is 5.02 Å². The van der Waals surface area contributed by atoms with Crippen LogP contribution in [0.1, 0.15) is 10.6 Å². The van der Waals surface area contributed by atoms with E-state index in [1.165, 1.54) is 6.20 Å². The Labute approximate surface area is 85.3 Å². The molecule has 0 N–H and O–H groups in total. The molecule has 0 saturated heterocycles. The van der Waals surface area contributed by atoms with Gasteiger partial charge in [0.2, 0.25) is 5.76 Å². The van der Waals surface area contributed by atoms with Gasteiger partial charge in [-0.15, -0.1) is 0 Å². The molecule has 0 saturated carbocycles. The quantitative estimate of drug-likeness (QED) is 0.712. The Kier molecular flexibility index (Phi) is 2.33. The van der Waals surface area contributed by atoms with Gasteiger partial charge in [0.1, 0.15) is 0 Å². The van der Waals surface area contributed by atoms with Crippen molar-refractivity contribution in [2.45, 2.75) is 0 Å². The zero-order valence-corrected chi connectivity index (χ0v) is 7.86. The van der Waals surface area contributed by atoms with E-state index in [1.807, 2.05) is 12.1 Å². The van der Waals surface area contributed by atoms with E-state index in [9.17, 15) is 4.79 Å². The molecule has 0 unspecified atom stereocenters. The van der Waals surface area contributed by atoms with Gasteiger partial charge in [0.05, 0.1) is 11.8 Å². The molecule has 1 aromatic carbocycles. The molecule has 0 spiro atoms.